The number of benzene rings is 1. The van der Waals surface area contributed by atoms with E-state index in [0.717, 1.165) is 18.1 Å². The number of ether oxygens (including phenoxy) is 1. The van der Waals surface area contributed by atoms with Crippen LogP contribution in [-0.2, 0) is 24.4 Å². The van der Waals surface area contributed by atoms with Gasteiger partial charge in [-0.2, -0.15) is 13.2 Å². The average Bonchev–Trinajstić information content (AvgIpc) is 3.02. The lowest BCUT2D eigenvalue weighted by Crippen LogP contribution is -2.36. The van der Waals surface area contributed by atoms with E-state index in [2.05, 4.69) is 38.7 Å². The van der Waals surface area contributed by atoms with Crippen molar-refractivity contribution in [3.63, 3.8) is 0 Å². The van der Waals surface area contributed by atoms with Gasteiger partial charge in [-0.3, -0.25) is 0 Å². The molecule has 1 aromatic carbocycles. The number of hydrogen-bond donors (Lipinski definition) is 2. The first-order chi connectivity index (χ1) is 12.9. The van der Waals surface area contributed by atoms with Crippen molar-refractivity contribution in [2.45, 2.75) is 39.7 Å². The Labute approximate surface area is 161 Å². The van der Waals surface area contributed by atoms with E-state index in [1.54, 1.807) is 23.5 Å². The Morgan fingerprint density at radius 1 is 1.11 bits per heavy atom. The van der Waals surface area contributed by atoms with E-state index in [1.807, 2.05) is 19.1 Å². The van der Waals surface area contributed by atoms with Gasteiger partial charge in [-0.05, 0) is 42.0 Å². The van der Waals surface area contributed by atoms with Crippen molar-refractivity contribution in [1.29, 1.82) is 0 Å². The standard InChI is InChI=1S/C19H24F3N3OS/c1-3-23-18(25-11-17-14(2)8-9-27-17)24-10-15-4-6-16(7-5-15)12-26-13-19(20,21)22/h4-9H,3,10-13H2,1-2H3,(H2,23,24,25). The highest BCUT2D eigenvalue weighted by molar-refractivity contribution is 7.10. The lowest BCUT2D eigenvalue weighted by molar-refractivity contribution is -0.176. The van der Waals surface area contributed by atoms with Crippen LogP contribution in [0.1, 0.15) is 28.5 Å². The Morgan fingerprint density at radius 3 is 2.41 bits per heavy atom. The highest BCUT2D eigenvalue weighted by atomic mass is 32.1. The summed E-state index contributed by atoms with van der Waals surface area (Å²) in [6.07, 6.45) is -4.30. The van der Waals surface area contributed by atoms with Crippen LogP contribution in [0.25, 0.3) is 0 Å². The fraction of sp³-hybridized carbons (Fsp3) is 0.421. The summed E-state index contributed by atoms with van der Waals surface area (Å²) < 4.78 is 40.9. The summed E-state index contributed by atoms with van der Waals surface area (Å²) in [4.78, 5) is 5.82. The van der Waals surface area contributed by atoms with Gasteiger partial charge in [-0.15, -0.1) is 11.3 Å². The number of nitrogens with zero attached hydrogens (tertiary/aromatic N) is 1. The van der Waals surface area contributed by atoms with Crippen LogP contribution in [0.15, 0.2) is 40.7 Å². The molecule has 2 rings (SSSR count). The van der Waals surface area contributed by atoms with Gasteiger partial charge in [0, 0.05) is 11.4 Å². The number of aliphatic imine (C=N–C) groups is 1. The van der Waals surface area contributed by atoms with Gasteiger partial charge in [0.2, 0.25) is 0 Å². The predicted molar refractivity (Wildman–Crippen MR) is 103 cm³/mol. The molecular formula is C19H24F3N3OS. The van der Waals surface area contributed by atoms with Gasteiger partial charge in [0.15, 0.2) is 5.96 Å². The van der Waals surface area contributed by atoms with E-state index in [-0.39, 0.29) is 6.61 Å². The normalized spacial score (nSPS) is 12.3. The quantitative estimate of drug-likeness (QED) is 0.511. The number of thiophene rings is 1. The molecule has 148 valence electrons. The number of halogens is 3. The molecule has 2 N–H and O–H groups in total. The summed E-state index contributed by atoms with van der Waals surface area (Å²) in [5.41, 5.74) is 2.93. The zero-order valence-electron chi connectivity index (χ0n) is 15.4. The molecule has 27 heavy (non-hydrogen) atoms. The van der Waals surface area contributed by atoms with Gasteiger partial charge in [0.1, 0.15) is 6.61 Å². The molecule has 0 bridgehead atoms. The van der Waals surface area contributed by atoms with Crippen molar-refractivity contribution in [1.82, 2.24) is 10.6 Å². The summed E-state index contributed by atoms with van der Waals surface area (Å²) in [5, 5.41) is 8.58. The maximum Gasteiger partial charge on any atom is 0.411 e. The summed E-state index contributed by atoms with van der Waals surface area (Å²) >= 11 is 1.71. The molecule has 0 saturated carbocycles. The second-order valence-electron chi connectivity index (χ2n) is 6.00. The van der Waals surface area contributed by atoms with Crippen molar-refractivity contribution in [2.75, 3.05) is 13.2 Å². The Morgan fingerprint density at radius 2 is 1.81 bits per heavy atom. The van der Waals surface area contributed by atoms with Gasteiger partial charge in [0.25, 0.3) is 0 Å². The smallest absolute Gasteiger partial charge is 0.367 e. The molecule has 1 heterocycles. The lowest BCUT2D eigenvalue weighted by atomic mass is 10.1. The number of guanidine groups is 1. The van der Waals surface area contributed by atoms with Crippen LogP contribution in [0.3, 0.4) is 0 Å². The van der Waals surface area contributed by atoms with Gasteiger partial charge in [-0.1, -0.05) is 24.3 Å². The average molecular weight is 399 g/mol. The topological polar surface area (TPSA) is 45.7 Å². The molecule has 0 radical (unpaired) electrons. The minimum absolute atomic E-state index is 0.0621. The maximum absolute atomic E-state index is 12.1. The molecule has 0 fully saturated rings. The minimum atomic E-state index is -4.30. The highest BCUT2D eigenvalue weighted by Crippen LogP contribution is 2.16. The zero-order chi connectivity index (χ0) is 19.7. The minimum Gasteiger partial charge on any atom is -0.367 e. The van der Waals surface area contributed by atoms with Gasteiger partial charge < -0.3 is 15.4 Å². The highest BCUT2D eigenvalue weighted by Gasteiger charge is 2.27. The van der Waals surface area contributed by atoms with Crippen LogP contribution in [0.2, 0.25) is 0 Å². The van der Waals surface area contributed by atoms with Crippen LogP contribution in [0.4, 0.5) is 13.2 Å². The molecule has 0 unspecified atom stereocenters. The van der Waals surface area contributed by atoms with Crippen LogP contribution < -0.4 is 10.6 Å². The summed E-state index contributed by atoms with van der Waals surface area (Å²) in [7, 11) is 0. The largest absolute Gasteiger partial charge is 0.411 e. The first-order valence-corrected chi connectivity index (χ1v) is 9.53. The first-order valence-electron chi connectivity index (χ1n) is 8.65. The van der Waals surface area contributed by atoms with Crippen LogP contribution in [0, 0.1) is 6.92 Å². The maximum atomic E-state index is 12.1. The second kappa shape index (κ2) is 10.3. The SMILES string of the molecule is CCNC(=NCc1ccc(COCC(F)(F)F)cc1)NCc1sccc1C. The van der Waals surface area contributed by atoms with E-state index in [9.17, 15) is 13.2 Å². The third-order valence-electron chi connectivity index (χ3n) is 3.71. The fourth-order valence-corrected chi connectivity index (χ4v) is 3.13. The third kappa shape index (κ3) is 8.01. The van der Waals surface area contributed by atoms with Gasteiger partial charge in [-0.25, -0.2) is 4.99 Å². The molecule has 8 heteroatoms. The molecule has 1 aromatic heterocycles. The Hall–Kier alpha value is -2.06. The molecule has 2 aromatic rings. The Kier molecular flexibility index (Phi) is 8.12. The van der Waals surface area contributed by atoms with Gasteiger partial charge in [0.05, 0.1) is 19.7 Å². The fourth-order valence-electron chi connectivity index (χ4n) is 2.29. The molecule has 0 aliphatic heterocycles. The van der Waals surface area contributed by atoms with Crippen LogP contribution in [0.5, 0.6) is 0 Å². The van der Waals surface area contributed by atoms with Crippen LogP contribution >= 0.6 is 11.3 Å². The first kappa shape index (κ1) is 21.2. The van der Waals surface area contributed by atoms with Crippen molar-refractivity contribution in [3.05, 3.63) is 57.3 Å². The number of rotatable bonds is 8. The molecule has 0 atom stereocenters. The number of hydrogen-bond acceptors (Lipinski definition) is 3. The summed E-state index contributed by atoms with van der Waals surface area (Å²) in [6.45, 7) is 4.73. The predicted octanol–water partition coefficient (Wildman–Crippen LogP) is 4.39. The van der Waals surface area contributed by atoms with Gasteiger partial charge >= 0.3 is 6.18 Å². The van der Waals surface area contributed by atoms with Crippen LogP contribution in [-0.4, -0.2) is 25.3 Å². The van der Waals surface area contributed by atoms with E-state index in [4.69, 9.17) is 0 Å². The molecule has 4 nitrogen and oxygen atoms in total. The third-order valence-corrected chi connectivity index (χ3v) is 4.73. The lowest BCUT2D eigenvalue weighted by Gasteiger charge is -2.11. The summed E-state index contributed by atoms with van der Waals surface area (Å²) in [5.74, 6) is 0.725. The number of alkyl halides is 3. The Balaban J connectivity index is 1.86. The van der Waals surface area contributed by atoms with E-state index < -0.39 is 12.8 Å². The van der Waals surface area contributed by atoms with Crippen molar-refractivity contribution >= 4 is 17.3 Å². The Bertz CT molecular complexity index is 727. The molecule has 0 spiro atoms. The molecule has 0 saturated heterocycles. The molecular weight excluding hydrogens is 375 g/mol. The van der Waals surface area contributed by atoms with Crippen molar-refractivity contribution in [3.8, 4) is 0 Å². The molecule has 0 aliphatic rings. The zero-order valence-corrected chi connectivity index (χ0v) is 16.2. The van der Waals surface area contributed by atoms with Crippen molar-refractivity contribution < 1.29 is 17.9 Å². The number of nitrogens with one attached hydrogen (secondary N) is 2. The second-order valence-corrected chi connectivity index (χ2v) is 7.00. The van der Waals surface area contributed by atoms with E-state index in [1.165, 1.54) is 10.4 Å². The monoisotopic (exact) mass is 399 g/mol. The molecule has 0 aliphatic carbocycles. The summed E-state index contributed by atoms with van der Waals surface area (Å²) in [6, 6.07) is 9.31. The molecule has 0 amide bonds. The van der Waals surface area contributed by atoms with E-state index in [0.29, 0.717) is 18.7 Å². The van der Waals surface area contributed by atoms with Crippen molar-refractivity contribution in [2.24, 2.45) is 4.99 Å². The van der Waals surface area contributed by atoms with E-state index >= 15 is 0 Å². The number of aryl methyl sites for hydroxylation is 1.